The predicted molar refractivity (Wildman–Crippen MR) is 104 cm³/mol. The van der Waals surface area contributed by atoms with Crippen molar-refractivity contribution in [3.8, 4) is 0 Å². The summed E-state index contributed by atoms with van der Waals surface area (Å²) in [5.74, 6) is -1.05. The standard InChI is InChI=1S/C20H23FN2O3S/c1-15(2)19(20(24)22-14-17-8-10-18(21)11-9-17)23-27(25,26)13-12-16-6-4-3-5-7-16/h3-13,15,19,23H,14H2,1-2H3,(H,22,24)/b13-12+/t19-/m0/s1. The van der Waals surface area contributed by atoms with Gasteiger partial charge in [-0.05, 0) is 35.3 Å². The molecule has 7 heteroatoms. The van der Waals surface area contributed by atoms with E-state index in [0.29, 0.717) is 0 Å². The predicted octanol–water partition coefficient (Wildman–Crippen LogP) is 3.06. The minimum absolute atomic E-state index is 0.184. The molecular weight excluding hydrogens is 367 g/mol. The average Bonchev–Trinajstić information content (AvgIpc) is 2.64. The van der Waals surface area contributed by atoms with Crippen LogP contribution in [0.25, 0.3) is 6.08 Å². The van der Waals surface area contributed by atoms with E-state index in [1.165, 1.54) is 18.2 Å². The fourth-order valence-electron chi connectivity index (χ4n) is 2.34. The number of hydrogen-bond acceptors (Lipinski definition) is 3. The van der Waals surface area contributed by atoms with E-state index in [1.54, 1.807) is 50.2 Å². The number of carbonyl (C=O) groups excluding carboxylic acids is 1. The van der Waals surface area contributed by atoms with E-state index in [2.05, 4.69) is 10.0 Å². The zero-order valence-corrected chi connectivity index (χ0v) is 16.0. The lowest BCUT2D eigenvalue weighted by molar-refractivity contribution is -0.123. The number of nitrogens with one attached hydrogen (secondary N) is 2. The van der Waals surface area contributed by atoms with Gasteiger partial charge in [-0.2, -0.15) is 4.72 Å². The molecule has 0 bridgehead atoms. The number of amides is 1. The highest BCUT2D eigenvalue weighted by Gasteiger charge is 2.26. The largest absolute Gasteiger partial charge is 0.351 e. The Morgan fingerprint density at radius 3 is 2.30 bits per heavy atom. The normalized spacial score (nSPS) is 13.0. The Kier molecular flexibility index (Phi) is 7.27. The molecule has 0 radical (unpaired) electrons. The zero-order valence-electron chi connectivity index (χ0n) is 15.2. The van der Waals surface area contributed by atoms with E-state index >= 15 is 0 Å². The van der Waals surface area contributed by atoms with E-state index in [4.69, 9.17) is 0 Å². The van der Waals surface area contributed by atoms with Gasteiger partial charge in [-0.1, -0.05) is 56.3 Å². The van der Waals surface area contributed by atoms with Gasteiger partial charge in [0, 0.05) is 12.0 Å². The van der Waals surface area contributed by atoms with Crippen molar-refractivity contribution in [2.45, 2.75) is 26.4 Å². The molecule has 27 heavy (non-hydrogen) atoms. The highest BCUT2D eigenvalue weighted by molar-refractivity contribution is 7.92. The highest BCUT2D eigenvalue weighted by Crippen LogP contribution is 2.08. The van der Waals surface area contributed by atoms with Crippen molar-refractivity contribution in [3.63, 3.8) is 0 Å². The average molecular weight is 390 g/mol. The number of sulfonamides is 1. The van der Waals surface area contributed by atoms with Crippen LogP contribution < -0.4 is 10.0 Å². The molecular formula is C20H23FN2O3S. The fourth-order valence-corrected chi connectivity index (χ4v) is 3.49. The summed E-state index contributed by atoms with van der Waals surface area (Å²) in [4.78, 5) is 12.4. The Bertz CT molecular complexity index is 879. The molecule has 0 aliphatic rings. The number of carbonyl (C=O) groups is 1. The fraction of sp³-hybridized carbons (Fsp3) is 0.250. The SMILES string of the molecule is CC(C)[C@H](NS(=O)(=O)/C=C/c1ccccc1)C(=O)NCc1ccc(F)cc1. The summed E-state index contributed by atoms with van der Waals surface area (Å²) in [6.07, 6.45) is 1.47. The molecule has 0 unspecified atom stereocenters. The summed E-state index contributed by atoms with van der Waals surface area (Å²) in [6.45, 7) is 3.70. The third-order valence-corrected chi connectivity index (χ3v) is 4.94. The maximum Gasteiger partial charge on any atom is 0.238 e. The molecule has 0 heterocycles. The van der Waals surface area contributed by atoms with E-state index in [9.17, 15) is 17.6 Å². The zero-order chi connectivity index (χ0) is 19.9. The van der Waals surface area contributed by atoms with Crippen LogP contribution in [0, 0.1) is 11.7 Å². The van der Waals surface area contributed by atoms with Crippen molar-refractivity contribution in [1.29, 1.82) is 0 Å². The Labute approximate surface area is 159 Å². The molecule has 2 rings (SSSR count). The molecule has 2 N–H and O–H groups in total. The molecule has 144 valence electrons. The molecule has 0 fully saturated rings. The second kappa shape index (κ2) is 9.43. The van der Waals surface area contributed by atoms with Gasteiger partial charge in [-0.15, -0.1) is 0 Å². The van der Waals surface area contributed by atoms with Crippen LogP contribution in [-0.2, 0) is 21.4 Å². The Morgan fingerprint density at radius 2 is 1.70 bits per heavy atom. The molecule has 1 atom stereocenters. The van der Waals surface area contributed by atoms with Crippen LogP contribution in [0.1, 0.15) is 25.0 Å². The van der Waals surface area contributed by atoms with Crippen LogP contribution in [0.2, 0.25) is 0 Å². The van der Waals surface area contributed by atoms with Gasteiger partial charge in [0.15, 0.2) is 0 Å². The Balaban J connectivity index is 2.01. The van der Waals surface area contributed by atoms with Crippen molar-refractivity contribution >= 4 is 22.0 Å². The first kappa shape index (κ1) is 20.8. The lowest BCUT2D eigenvalue weighted by Crippen LogP contribution is -2.48. The van der Waals surface area contributed by atoms with Crippen molar-refractivity contribution in [1.82, 2.24) is 10.0 Å². The first-order valence-electron chi connectivity index (χ1n) is 8.54. The molecule has 0 aromatic heterocycles. The quantitative estimate of drug-likeness (QED) is 0.727. The highest BCUT2D eigenvalue weighted by atomic mass is 32.2. The number of hydrogen-bond donors (Lipinski definition) is 2. The summed E-state index contributed by atoms with van der Waals surface area (Å²) in [5, 5.41) is 3.73. The van der Waals surface area contributed by atoms with Gasteiger partial charge in [0.05, 0.1) is 0 Å². The second-order valence-electron chi connectivity index (χ2n) is 6.44. The Morgan fingerprint density at radius 1 is 1.07 bits per heavy atom. The van der Waals surface area contributed by atoms with Gasteiger partial charge >= 0.3 is 0 Å². The molecule has 5 nitrogen and oxygen atoms in total. The van der Waals surface area contributed by atoms with Crippen LogP contribution in [0.15, 0.2) is 60.0 Å². The smallest absolute Gasteiger partial charge is 0.238 e. The lowest BCUT2D eigenvalue weighted by atomic mass is 10.0. The third-order valence-electron chi connectivity index (χ3n) is 3.86. The molecule has 0 aliphatic heterocycles. The van der Waals surface area contributed by atoms with Crippen LogP contribution in [0.5, 0.6) is 0 Å². The van der Waals surface area contributed by atoms with Crippen LogP contribution in [0.3, 0.4) is 0 Å². The van der Waals surface area contributed by atoms with Gasteiger partial charge < -0.3 is 5.32 Å². The summed E-state index contributed by atoms with van der Waals surface area (Å²) in [6, 6.07) is 13.8. The molecule has 0 aliphatic carbocycles. The van der Waals surface area contributed by atoms with Crippen molar-refractivity contribution < 1.29 is 17.6 Å². The minimum atomic E-state index is -3.80. The van der Waals surface area contributed by atoms with E-state index in [-0.39, 0.29) is 18.3 Å². The van der Waals surface area contributed by atoms with Crippen molar-refractivity contribution in [2.75, 3.05) is 0 Å². The van der Waals surface area contributed by atoms with Crippen molar-refractivity contribution in [3.05, 3.63) is 76.9 Å². The van der Waals surface area contributed by atoms with E-state index < -0.39 is 22.0 Å². The van der Waals surface area contributed by atoms with E-state index in [0.717, 1.165) is 16.5 Å². The van der Waals surface area contributed by atoms with Crippen molar-refractivity contribution in [2.24, 2.45) is 5.92 Å². The van der Waals surface area contributed by atoms with Crippen LogP contribution in [0.4, 0.5) is 4.39 Å². The van der Waals surface area contributed by atoms with Gasteiger partial charge in [-0.3, -0.25) is 4.79 Å². The van der Waals surface area contributed by atoms with Crippen LogP contribution >= 0.6 is 0 Å². The second-order valence-corrected chi connectivity index (χ2v) is 8.04. The lowest BCUT2D eigenvalue weighted by Gasteiger charge is -2.20. The van der Waals surface area contributed by atoms with Gasteiger partial charge in [0.2, 0.25) is 15.9 Å². The summed E-state index contributed by atoms with van der Waals surface area (Å²) >= 11 is 0. The molecule has 2 aromatic rings. The Hall–Kier alpha value is -2.51. The topological polar surface area (TPSA) is 75.3 Å². The van der Waals surface area contributed by atoms with Gasteiger partial charge in [0.1, 0.15) is 11.9 Å². The maximum absolute atomic E-state index is 12.9. The summed E-state index contributed by atoms with van der Waals surface area (Å²) < 4.78 is 40.0. The third kappa shape index (κ3) is 6.96. The molecule has 0 saturated carbocycles. The molecule has 1 amide bonds. The van der Waals surface area contributed by atoms with Gasteiger partial charge in [0.25, 0.3) is 0 Å². The minimum Gasteiger partial charge on any atom is -0.351 e. The van der Waals surface area contributed by atoms with E-state index in [1.807, 2.05) is 6.07 Å². The number of rotatable bonds is 8. The molecule has 0 spiro atoms. The first-order chi connectivity index (χ1) is 12.8. The first-order valence-corrected chi connectivity index (χ1v) is 10.1. The van der Waals surface area contributed by atoms with Gasteiger partial charge in [-0.25, -0.2) is 12.8 Å². The maximum atomic E-state index is 12.9. The number of halogens is 1. The summed E-state index contributed by atoms with van der Waals surface area (Å²) in [7, 11) is -3.80. The number of benzene rings is 2. The monoisotopic (exact) mass is 390 g/mol. The van der Waals surface area contributed by atoms with Crippen LogP contribution in [-0.4, -0.2) is 20.4 Å². The summed E-state index contributed by atoms with van der Waals surface area (Å²) in [5.41, 5.74) is 1.46. The molecule has 2 aromatic carbocycles. The molecule has 0 saturated heterocycles.